The van der Waals surface area contributed by atoms with Crippen molar-refractivity contribution in [2.75, 3.05) is 0 Å². The fraction of sp³-hybridized carbons (Fsp3) is 0.462. The van der Waals surface area contributed by atoms with Crippen LogP contribution >= 0.6 is 0 Å². The second-order valence-electron chi connectivity index (χ2n) is 5.02. The van der Waals surface area contributed by atoms with Crippen LogP contribution in [0, 0.1) is 19.3 Å². The molecule has 4 heteroatoms. The van der Waals surface area contributed by atoms with Gasteiger partial charge in [-0.2, -0.15) is 0 Å². The number of phenolic OH excluding ortho intramolecular Hbond substituents is 2. The van der Waals surface area contributed by atoms with Gasteiger partial charge < -0.3 is 15.3 Å². The standard InChI is InChI=1S/C13H18O4/c1-7-8(2)11(15)10(14)5-9(7)6-13(3,4)12(16)17/h5,14-15H,6H2,1-4H3,(H,16,17). The average molecular weight is 238 g/mol. The molecule has 17 heavy (non-hydrogen) atoms. The van der Waals surface area contributed by atoms with E-state index in [1.54, 1.807) is 20.8 Å². The van der Waals surface area contributed by atoms with Crippen LogP contribution in [0.15, 0.2) is 6.07 Å². The molecule has 0 aliphatic carbocycles. The summed E-state index contributed by atoms with van der Waals surface area (Å²) in [5.41, 5.74) is 1.24. The maximum atomic E-state index is 11.1. The quantitative estimate of drug-likeness (QED) is 0.706. The summed E-state index contributed by atoms with van der Waals surface area (Å²) in [5.74, 6) is -1.23. The van der Waals surface area contributed by atoms with Crippen molar-refractivity contribution in [2.45, 2.75) is 34.1 Å². The van der Waals surface area contributed by atoms with E-state index in [1.165, 1.54) is 6.07 Å². The number of carbonyl (C=O) groups is 1. The van der Waals surface area contributed by atoms with Crippen molar-refractivity contribution in [1.82, 2.24) is 0 Å². The van der Waals surface area contributed by atoms with E-state index in [4.69, 9.17) is 5.11 Å². The van der Waals surface area contributed by atoms with E-state index in [0.29, 0.717) is 12.0 Å². The summed E-state index contributed by atoms with van der Waals surface area (Å²) >= 11 is 0. The lowest BCUT2D eigenvalue weighted by Crippen LogP contribution is -2.26. The summed E-state index contributed by atoms with van der Waals surface area (Å²) in [6.07, 6.45) is 0.308. The molecule has 1 rings (SSSR count). The Morgan fingerprint density at radius 1 is 1.24 bits per heavy atom. The van der Waals surface area contributed by atoms with Crippen molar-refractivity contribution in [3.8, 4) is 11.5 Å². The Hall–Kier alpha value is -1.71. The van der Waals surface area contributed by atoms with Crippen LogP contribution in [0.1, 0.15) is 30.5 Å². The minimum atomic E-state index is -0.902. The second-order valence-corrected chi connectivity index (χ2v) is 5.02. The zero-order chi connectivity index (χ0) is 13.4. The monoisotopic (exact) mass is 238 g/mol. The Labute approximate surface area is 101 Å². The molecule has 94 valence electrons. The third kappa shape index (κ3) is 2.52. The number of phenols is 2. The molecule has 4 nitrogen and oxygen atoms in total. The highest BCUT2D eigenvalue weighted by molar-refractivity contribution is 5.74. The van der Waals surface area contributed by atoms with Gasteiger partial charge in [0.15, 0.2) is 11.5 Å². The number of hydrogen-bond acceptors (Lipinski definition) is 3. The Morgan fingerprint density at radius 2 is 1.76 bits per heavy atom. The first kappa shape index (κ1) is 13.4. The summed E-state index contributed by atoms with van der Waals surface area (Å²) in [5, 5.41) is 28.2. The summed E-state index contributed by atoms with van der Waals surface area (Å²) < 4.78 is 0. The first-order chi connectivity index (χ1) is 7.66. The largest absolute Gasteiger partial charge is 0.504 e. The van der Waals surface area contributed by atoms with Crippen LogP contribution in [-0.4, -0.2) is 21.3 Å². The number of hydrogen-bond donors (Lipinski definition) is 3. The van der Waals surface area contributed by atoms with Gasteiger partial charge in [-0.3, -0.25) is 4.79 Å². The van der Waals surface area contributed by atoms with Crippen LogP contribution in [0.4, 0.5) is 0 Å². The highest BCUT2D eigenvalue weighted by atomic mass is 16.4. The van der Waals surface area contributed by atoms with Gasteiger partial charge in [-0.05, 0) is 56.9 Å². The summed E-state index contributed by atoms with van der Waals surface area (Å²) in [7, 11) is 0. The Morgan fingerprint density at radius 3 is 2.24 bits per heavy atom. The van der Waals surface area contributed by atoms with Crippen molar-refractivity contribution in [2.24, 2.45) is 5.41 Å². The predicted molar refractivity (Wildman–Crippen MR) is 64.4 cm³/mol. The van der Waals surface area contributed by atoms with Crippen molar-refractivity contribution in [3.63, 3.8) is 0 Å². The fourth-order valence-corrected chi connectivity index (χ4v) is 1.69. The van der Waals surface area contributed by atoms with E-state index < -0.39 is 11.4 Å². The van der Waals surface area contributed by atoms with Gasteiger partial charge in [0.1, 0.15) is 0 Å². The molecule has 0 spiro atoms. The molecule has 0 aliphatic heterocycles. The molecule has 0 unspecified atom stereocenters. The first-order valence-corrected chi connectivity index (χ1v) is 5.41. The smallest absolute Gasteiger partial charge is 0.309 e. The van der Waals surface area contributed by atoms with E-state index >= 15 is 0 Å². The lowest BCUT2D eigenvalue weighted by molar-refractivity contribution is -0.146. The predicted octanol–water partition coefficient (Wildman–Crippen LogP) is 2.37. The van der Waals surface area contributed by atoms with Crippen LogP contribution < -0.4 is 0 Å². The molecular weight excluding hydrogens is 220 g/mol. The number of rotatable bonds is 3. The van der Waals surface area contributed by atoms with Crippen LogP contribution in [-0.2, 0) is 11.2 Å². The molecule has 0 heterocycles. The highest BCUT2D eigenvalue weighted by Crippen LogP contribution is 2.35. The molecule has 3 N–H and O–H groups in total. The molecule has 0 saturated heterocycles. The highest BCUT2D eigenvalue weighted by Gasteiger charge is 2.28. The molecule has 0 amide bonds. The summed E-state index contributed by atoms with van der Waals surface area (Å²) in [6.45, 7) is 6.77. The number of aromatic hydroxyl groups is 2. The third-order valence-electron chi connectivity index (χ3n) is 3.16. The van der Waals surface area contributed by atoms with E-state index in [-0.39, 0.29) is 11.5 Å². The molecule has 1 aromatic carbocycles. The first-order valence-electron chi connectivity index (χ1n) is 5.41. The van der Waals surface area contributed by atoms with Crippen molar-refractivity contribution >= 4 is 5.97 Å². The van der Waals surface area contributed by atoms with Gasteiger partial charge in [-0.25, -0.2) is 0 Å². The van der Waals surface area contributed by atoms with Gasteiger partial charge in [-0.15, -0.1) is 0 Å². The molecule has 1 aromatic rings. The lowest BCUT2D eigenvalue weighted by atomic mass is 9.83. The number of carboxylic acid groups (broad SMARTS) is 1. The van der Waals surface area contributed by atoms with Crippen LogP contribution in [0.5, 0.6) is 11.5 Å². The molecular formula is C13H18O4. The summed E-state index contributed by atoms with van der Waals surface area (Å²) in [6, 6.07) is 1.43. The van der Waals surface area contributed by atoms with Crippen molar-refractivity contribution in [1.29, 1.82) is 0 Å². The maximum absolute atomic E-state index is 11.1. The van der Waals surface area contributed by atoms with E-state index in [2.05, 4.69) is 0 Å². The van der Waals surface area contributed by atoms with E-state index in [9.17, 15) is 15.0 Å². The Kier molecular flexibility index (Phi) is 3.36. The fourth-order valence-electron chi connectivity index (χ4n) is 1.69. The Bertz CT molecular complexity index is 461. The number of aliphatic carboxylic acids is 1. The van der Waals surface area contributed by atoms with Crippen molar-refractivity contribution < 1.29 is 20.1 Å². The number of benzene rings is 1. The molecule has 0 atom stereocenters. The minimum absolute atomic E-state index is 0.139. The zero-order valence-electron chi connectivity index (χ0n) is 10.5. The van der Waals surface area contributed by atoms with Crippen LogP contribution in [0.3, 0.4) is 0 Å². The van der Waals surface area contributed by atoms with Crippen molar-refractivity contribution in [3.05, 3.63) is 22.8 Å². The second kappa shape index (κ2) is 4.28. The number of carboxylic acids is 1. The van der Waals surface area contributed by atoms with E-state index in [0.717, 1.165) is 11.1 Å². The molecule has 0 bridgehead atoms. The van der Waals surface area contributed by atoms with Gasteiger partial charge in [-0.1, -0.05) is 0 Å². The van der Waals surface area contributed by atoms with E-state index in [1.807, 2.05) is 6.92 Å². The normalized spacial score (nSPS) is 11.5. The lowest BCUT2D eigenvalue weighted by Gasteiger charge is -2.21. The molecule has 0 aromatic heterocycles. The van der Waals surface area contributed by atoms with Gasteiger partial charge in [0.2, 0.25) is 0 Å². The van der Waals surface area contributed by atoms with Gasteiger partial charge in [0, 0.05) is 0 Å². The maximum Gasteiger partial charge on any atom is 0.309 e. The Balaban J connectivity index is 3.21. The SMILES string of the molecule is Cc1c(CC(C)(C)C(=O)O)cc(O)c(O)c1C. The molecule has 0 aliphatic rings. The van der Waals surface area contributed by atoms with Gasteiger partial charge in [0.05, 0.1) is 5.41 Å². The topological polar surface area (TPSA) is 77.8 Å². The van der Waals surface area contributed by atoms with Crippen LogP contribution in [0.2, 0.25) is 0 Å². The minimum Gasteiger partial charge on any atom is -0.504 e. The molecule has 0 saturated carbocycles. The third-order valence-corrected chi connectivity index (χ3v) is 3.16. The average Bonchev–Trinajstić information content (AvgIpc) is 2.22. The zero-order valence-corrected chi connectivity index (χ0v) is 10.5. The molecule has 0 radical (unpaired) electrons. The van der Waals surface area contributed by atoms with Gasteiger partial charge in [0.25, 0.3) is 0 Å². The summed E-state index contributed by atoms with van der Waals surface area (Å²) in [4.78, 5) is 11.1. The van der Waals surface area contributed by atoms with Crippen LogP contribution in [0.25, 0.3) is 0 Å². The molecule has 0 fully saturated rings. The van der Waals surface area contributed by atoms with Gasteiger partial charge >= 0.3 is 5.97 Å².